The Bertz CT molecular complexity index is 964. The van der Waals surface area contributed by atoms with Crippen LogP contribution in [0.2, 0.25) is 0 Å². The van der Waals surface area contributed by atoms with Gasteiger partial charge in [-0.1, -0.05) is 12.1 Å². The van der Waals surface area contributed by atoms with Gasteiger partial charge in [-0.15, -0.1) is 0 Å². The second-order valence-corrected chi connectivity index (χ2v) is 8.14. The van der Waals surface area contributed by atoms with E-state index in [1.54, 1.807) is 24.3 Å². The Morgan fingerprint density at radius 3 is 2.40 bits per heavy atom. The molecule has 3 rings (SSSR count). The summed E-state index contributed by atoms with van der Waals surface area (Å²) in [6.07, 6.45) is 0.169. The van der Waals surface area contributed by atoms with Gasteiger partial charge >= 0.3 is 0 Å². The Morgan fingerprint density at radius 1 is 1.04 bits per heavy atom. The van der Waals surface area contributed by atoms with Crippen LogP contribution in [-0.2, 0) is 10.0 Å². The summed E-state index contributed by atoms with van der Waals surface area (Å²) in [5.74, 6) is 0.285. The van der Waals surface area contributed by atoms with Crippen LogP contribution in [0.25, 0.3) is 0 Å². The van der Waals surface area contributed by atoms with E-state index in [0.717, 1.165) is 16.7 Å². The number of anilines is 1. The van der Waals surface area contributed by atoms with Crippen molar-refractivity contribution in [3.8, 4) is 5.75 Å². The molecule has 0 unspecified atom stereocenters. The third-order valence-corrected chi connectivity index (χ3v) is 6.50. The molecule has 5 nitrogen and oxygen atoms in total. The number of aryl methyl sites for hydroxylation is 3. The van der Waals surface area contributed by atoms with Gasteiger partial charge in [0.25, 0.3) is 10.0 Å². The van der Waals surface area contributed by atoms with E-state index >= 15 is 0 Å². The van der Waals surface area contributed by atoms with E-state index in [1.165, 1.54) is 11.4 Å². The lowest BCUT2D eigenvalue weighted by atomic mass is 9.99. The lowest BCUT2D eigenvalue weighted by molar-refractivity contribution is 0.0982. The van der Waals surface area contributed by atoms with Crippen LogP contribution in [0.15, 0.2) is 35.2 Å². The van der Waals surface area contributed by atoms with E-state index in [2.05, 4.69) is 0 Å². The van der Waals surface area contributed by atoms with E-state index in [4.69, 9.17) is 4.74 Å². The van der Waals surface area contributed by atoms with Gasteiger partial charge in [0.2, 0.25) is 0 Å². The topological polar surface area (TPSA) is 63.7 Å². The number of carbonyl (C=O) groups excluding carboxylic acids is 1. The fraction of sp³-hybridized carbons (Fsp3) is 0.316. The molecule has 0 bridgehead atoms. The average Bonchev–Trinajstić information content (AvgIpc) is 2.57. The number of hydrogen-bond donors (Lipinski definition) is 0. The normalized spacial score (nSPS) is 14.4. The minimum atomic E-state index is -3.85. The zero-order chi connectivity index (χ0) is 18.4. The number of para-hydroxylation sites is 1. The summed E-state index contributed by atoms with van der Waals surface area (Å²) in [7, 11) is -2.39. The van der Waals surface area contributed by atoms with Crippen LogP contribution in [0.3, 0.4) is 0 Å². The largest absolute Gasteiger partial charge is 0.495 e. The highest BCUT2D eigenvalue weighted by Crippen LogP contribution is 2.37. The summed E-state index contributed by atoms with van der Waals surface area (Å²) >= 11 is 0. The number of Topliss-reactive ketones (excluding diaryl/α,β-unsaturated/α-hetero) is 1. The van der Waals surface area contributed by atoms with Crippen molar-refractivity contribution in [3.05, 3.63) is 52.6 Å². The standard InChI is InChI=1S/C19H21NO4S/c1-12-6-5-7-15-16(21)8-9-20(19(12)15)25(22,23)18-11-14(3)13(2)10-17(18)24-4/h5-7,10-11H,8-9H2,1-4H3. The Hall–Kier alpha value is -2.34. The molecule has 0 aromatic heterocycles. The molecule has 0 atom stereocenters. The fourth-order valence-corrected chi connectivity index (χ4v) is 4.92. The quantitative estimate of drug-likeness (QED) is 0.842. The first kappa shape index (κ1) is 17.5. The highest BCUT2D eigenvalue weighted by molar-refractivity contribution is 7.93. The molecule has 0 spiro atoms. The number of sulfonamides is 1. The van der Waals surface area contributed by atoms with E-state index in [9.17, 15) is 13.2 Å². The maximum Gasteiger partial charge on any atom is 0.268 e. The molecule has 1 aliphatic rings. The zero-order valence-corrected chi connectivity index (χ0v) is 15.6. The summed E-state index contributed by atoms with van der Waals surface area (Å²) in [5, 5.41) is 0. The summed E-state index contributed by atoms with van der Waals surface area (Å²) in [6.45, 7) is 5.73. The minimum absolute atomic E-state index is 0.0304. The van der Waals surface area contributed by atoms with Crippen molar-refractivity contribution < 1.29 is 17.9 Å². The Morgan fingerprint density at radius 2 is 1.72 bits per heavy atom. The maximum absolute atomic E-state index is 13.4. The minimum Gasteiger partial charge on any atom is -0.495 e. The molecular formula is C19H21NO4S. The second-order valence-electron chi connectivity index (χ2n) is 6.31. The van der Waals surface area contributed by atoms with Crippen molar-refractivity contribution in [1.82, 2.24) is 0 Å². The Kier molecular flexibility index (Phi) is 4.33. The van der Waals surface area contributed by atoms with Crippen LogP contribution in [0.5, 0.6) is 5.75 Å². The number of hydrogen-bond acceptors (Lipinski definition) is 4. The Labute approximate surface area is 148 Å². The van der Waals surface area contributed by atoms with E-state index in [0.29, 0.717) is 17.0 Å². The van der Waals surface area contributed by atoms with Crippen molar-refractivity contribution in [2.24, 2.45) is 0 Å². The van der Waals surface area contributed by atoms with Crippen LogP contribution in [0.4, 0.5) is 5.69 Å². The van der Waals surface area contributed by atoms with Crippen molar-refractivity contribution in [2.75, 3.05) is 18.0 Å². The average molecular weight is 359 g/mol. The molecule has 1 aliphatic heterocycles. The van der Waals surface area contributed by atoms with Gasteiger partial charge in [-0.05, 0) is 55.7 Å². The van der Waals surface area contributed by atoms with Gasteiger partial charge in [0, 0.05) is 18.5 Å². The summed E-state index contributed by atoms with van der Waals surface area (Å²) in [6, 6.07) is 8.65. The number of carbonyl (C=O) groups is 1. The molecule has 2 aromatic rings. The van der Waals surface area contributed by atoms with Crippen molar-refractivity contribution in [3.63, 3.8) is 0 Å². The van der Waals surface area contributed by atoms with E-state index in [-0.39, 0.29) is 23.6 Å². The molecule has 0 saturated heterocycles. The molecule has 1 heterocycles. The summed E-state index contributed by atoms with van der Waals surface area (Å²) in [4.78, 5) is 12.3. The summed E-state index contributed by atoms with van der Waals surface area (Å²) < 4.78 is 33.4. The van der Waals surface area contributed by atoms with Gasteiger partial charge in [-0.2, -0.15) is 0 Å². The fourth-order valence-electron chi connectivity index (χ4n) is 3.15. The number of ketones is 1. The molecule has 0 fully saturated rings. The van der Waals surface area contributed by atoms with Crippen molar-refractivity contribution >= 4 is 21.5 Å². The van der Waals surface area contributed by atoms with Crippen LogP contribution in [-0.4, -0.2) is 27.9 Å². The number of methoxy groups -OCH3 is 1. The number of nitrogens with zero attached hydrogens (tertiary/aromatic N) is 1. The number of fused-ring (bicyclic) bond motifs is 1. The van der Waals surface area contributed by atoms with Crippen LogP contribution in [0, 0.1) is 20.8 Å². The summed E-state index contributed by atoms with van der Waals surface area (Å²) in [5.41, 5.74) is 3.52. The molecule has 132 valence electrons. The van der Waals surface area contributed by atoms with E-state index in [1.807, 2.05) is 26.8 Å². The lowest BCUT2D eigenvalue weighted by Gasteiger charge is -2.31. The third kappa shape index (κ3) is 2.80. The molecule has 0 amide bonds. The van der Waals surface area contributed by atoms with Gasteiger partial charge in [-0.3, -0.25) is 9.10 Å². The molecule has 25 heavy (non-hydrogen) atoms. The van der Waals surface area contributed by atoms with Crippen LogP contribution >= 0.6 is 0 Å². The molecular weight excluding hydrogens is 338 g/mol. The molecule has 2 aromatic carbocycles. The van der Waals surface area contributed by atoms with Gasteiger partial charge in [0.15, 0.2) is 5.78 Å². The highest BCUT2D eigenvalue weighted by Gasteiger charge is 2.35. The molecule has 6 heteroatoms. The zero-order valence-electron chi connectivity index (χ0n) is 14.8. The van der Waals surface area contributed by atoms with Gasteiger partial charge in [0.1, 0.15) is 10.6 Å². The molecule has 0 radical (unpaired) electrons. The van der Waals surface area contributed by atoms with Crippen molar-refractivity contribution in [2.45, 2.75) is 32.1 Å². The van der Waals surface area contributed by atoms with E-state index < -0.39 is 10.0 Å². The van der Waals surface area contributed by atoms with Crippen molar-refractivity contribution in [1.29, 1.82) is 0 Å². The number of rotatable bonds is 3. The monoisotopic (exact) mass is 359 g/mol. The molecule has 0 aliphatic carbocycles. The lowest BCUT2D eigenvalue weighted by Crippen LogP contribution is -2.38. The van der Waals surface area contributed by atoms with Gasteiger partial charge in [0.05, 0.1) is 12.8 Å². The maximum atomic E-state index is 13.4. The predicted molar refractivity (Wildman–Crippen MR) is 97.1 cm³/mol. The van der Waals surface area contributed by atoms with Crippen LogP contribution < -0.4 is 9.04 Å². The predicted octanol–water partition coefficient (Wildman–Crippen LogP) is 3.40. The number of benzene rings is 2. The first-order valence-corrected chi connectivity index (χ1v) is 9.52. The molecule has 0 N–H and O–H groups in total. The second kappa shape index (κ2) is 6.19. The van der Waals surface area contributed by atoms with Gasteiger partial charge in [-0.25, -0.2) is 8.42 Å². The first-order chi connectivity index (χ1) is 11.8. The number of ether oxygens (including phenoxy) is 1. The highest BCUT2D eigenvalue weighted by atomic mass is 32.2. The Balaban J connectivity index is 2.23. The van der Waals surface area contributed by atoms with Gasteiger partial charge < -0.3 is 4.74 Å². The molecule has 0 saturated carbocycles. The third-order valence-electron chi connectivity index (χ3n) is 4.68. The first-order valence-electron chi connectivity index (χ1n) is 8.08. The smallest absolute Gasteiger partial charge is 0.268 e. The van der Waals surface area contributed by atoms with Crippen LogP contribution in [0.1, 0.15) is 33.5 Å². The SMILES string of the molecule is COc1cc(C)c(C)cc1S(=O)(=O)N1CCC(=O)c2cccc(C)c21.